The Morgan fingerprint density at radius 2 is 1.60 bits per heavy atom. The Balaban J connectivity index is 2.27. The second kappa shape index (κ2) is 12.2. The third kappa shape index (κ3) is 6.63. The van der Waals surface area contributed by atoms with Gasteiger partial charge in [0.05, 0.1) is 0 Å². The molecule has 162 valence electrons. The summed E-state index contributed by atoms with van der Waals surface area (Å²) in [5, 5.41) is 4.46. The van der Waals surface area contributed by atoms with Gasteiger partial charge in [0.25, 0.3) is 0 Å². The Morgan fingerprint density at radius 1 is 0.967 bits per heavy atom. The van der Waals surface area contributed by atoms with Gasteiger partial charge in [-0.3, -0.25) is 9.59 Å². The topological polar surface area (TPSA) is 49.4 Å². The lowest BCUT2D eigenvalue weighted by Gasteiger charge is -2.31. The van der Waals surface area contributed by atoms with Crippen LogP contribution in [0.15, 0.2) is 42.5 Å². The minimum absolute atomic E-state index is 0.149. The number of carbonyl (C=O) groups is 2. The van der Waals surface area contributed by atoms with Crippen LogP contribution < -0.4 is 5.32 Å². The lowest BCUT2D eigenvalue weighted by atomic mass is 10.1. The van der Waals surface area contributed by atoms with Crippen molar-refractivity contribution in [2.24, 2.45) is 0 Å². The monoisotopic (exact) mass is 468 g/mol. The first-order valence-corrected chi connectivity index (χ1v) is 11.3. The summed E-state index contributed by atoms with van der Waals surface area (Å²) >= 11 is 18.9. The molecule has 0 heterocycles. The second-order valence-electron chi connectivity index (χ2n) is 7.03. The molecule has 2 aromatic carbocycles. The van der Waals surface area contributed by atoms with Gasteiger partial charge in [0.2, 0.25) is 11.8 Å². The average molecular weight is 470 g/mol. The third-order valence-corrected chi connectivity index (χ3v) is 5.97. The molecule has 1 N–H and O–H groups in total. The van der Waals surface area contributed by atoms with E-state index in [2.05, 4.69) is 5.32 Å². The smallest absolute Gasteiger partial charge is 0.242 e. The van der Waals surface area contributed by atoms with Gasteiger partial charge in [-0.15, -0.1) is 0 Å². The number of hydrogen-bond acceptors (Lipinski definition) is 2. The summed E-state index contributed by atoms with van der Waals surface area (Å²) < 4.78 is 0. The Kier molecular flexibility index (Phi) is 9.96. The van der Waals surface area contributed by atoms with Crippen LogP contribution in [0.3, 0.4) is 0 Å². The van der Waals surface area contributed by atoms with Gasteiger partial charge >= 0.3 is 0 Å². The summed E-state index contributed by atoms with van der Waals surface area (Å²) in [6.45, 7) is 4.60. The number of nitrogens with zero attached hydrogens (tertiary/aromatic N) is 1. The van der Waals surface area contributed by atoms with E-state index in [1.807, 2.05) is 32.0 Å². The maximum Gasteiger partial charge on any atom is 0.242 e. The molecule has 2 aromatic rings. The molecule has 0 spiro atoms. The van der Waals surface area contributed by atoms with E-state index < -0.39 is 6.04 Å². The van der Waals surface area contributed by atoms with Crippen molar-refractivity contribution in [2.45, 2.75) is 52.1 Å². The van der Waals surface area contributed by atoms with Crippen molar-refractivity contribution in [3.63, 3.8) is 0 Å². The summed E-state index contributed by atoms with van der Waals surface area (Å²) in [5.74, 6) is -0.321. The lowest BCUT2D eigenvalue weighted by molar-refractivity contribution is -0.141. The fourth-order valence-electron chi connectivity index (χ4n) is 3.23. The molecule has 0 aliphatic rings. The maximum atomic E-state index is 13.3. The predicted octanol–water partition coefficient (Wildman–Crippen LogP) is 5.91. The molecule has 0 fully saturated rings. The number of hydrogen-bond donors (Lipinski definition) is 1. The van der Waals surface area contributed by atoms with Gasteiger partial charge in [-0.25, -0.2) is 0 Å². The molecule has 0 aromatic heterocycles. The number of amides is 2. The Hall–Kier alpha value is -1.75. The SMILES string of the molecule is CCCNC(=O)C(CC)N(Cc1c(Cl)cccc1Cl)C(=O)CCc1ccccc1Cl. The molecule has 1 unspecified atom stereocenters. The number of carbonyl (C=O) groups excluding carboxylic acids is 2. The number of rotatable bonds is 10. The fraction of sp³-hybridized carbons (Fsp3) is 0.391. The van der Waals surface area contributed by atoms with Crippen molar-refractivity contribution >= 4 is 46.6 Å². The Labute approximate surface area is 193 Å². The molecule has 0 saturated carbocycles. The Bertz CT molecular complexity index is 853. The van der Waals surface area contributed by atoms with Gasteiger partial charge in [0, 0.05) is 40.1 Å². The third-order valence-electron chi connectivity index (χ3n) is 4.89. The molecule has 0 saturated heterocycles. The fourth-order valence-corrected chi connectivity index (χ4v) is 3.97. The Morgan fingerprint density at radius 3 is 2.20 bits per heavy atom. The van der Waals surface area contributed by atoms with Crippen molar-refractivity contribution in [1.82, 2.24) is 10.2 Å². The van der Waals surface area contributed by atoms with Crippen LogP contribution in [0, 0.1) is 0 Å². The van der Waals surface area contributed by atoms with Crippen LogP contribution in [0.1, 0.15) is 44.2 Å². The summed E-state index contributed by atoms with van der Waals surface area (Å²) in [4.78, 5) is 27.6. The minimum Gasteiger partial charge on any atom is -0.354 e. The number of aryl methyl sites for hydroxylation is 1. The van der Waals surface area contributed by atoms with E-state index in [9.17, 15) is 9.59 Å². The summed E-state index contributed by atoms with van der Waals surface area (Å²) in [5.41, 5.74) is 1.53. The van der Waals surface area contributed by atoms with Crippen molar-refractivity contribution < 1.29 is 9.59 Å². The van der Waals surface area contributed by atoms with E-state index in [1.165, 1.54) is 0 Å². The average Bonchev–Trinajstić information content (AvgIpc) is 2.73. The zero-order chi connectivity index (χ0) is 22.1. The first-order chi connectivity index (χ1) is 14.4. The van der Waals surface area contributed by atoms with Crippen molar-refractivity contribution in [1.29, 1.82) is 0 Å². The standard InChI is InChI=1S/C23H27Cl3N2O2/c1-3-14-27-23(30)21(4-2)28(15-17-19(25)10-7-11-20(17)26)22(29)13-12-16-8-5-6-9-18(16)24/h5-11,21H,3-4,12-15H2,1-2H3,(H,27,30). The van der Waals surface area contributed by atoms with Crippen molar-refractivity contribution in [3.8, 4) is 0 Å². The van der Waals surface area contributed by atoms with E-state index >= 15 is 0 Å². The molecule has 0 radical (unpaired) electrons. The van der Waals surface area contributed by atoms with Gasteiger partial charge in [-0.2, -0.15) is 0 Å². The quantitative estimate of drug-likeness (QED) is 0.470. The van der Waals surface area contributed by atoms with Crippen LogP contribution in [0.25, 0.3) is 0 Å². The number of nitrogens with one attached hydrogen (secondary N) is 1. The minimum atomic E-state index is -0.609. The van der Waals surface area contributed by atoms with E-state index in [0.717, 1.165) is 12.0 Å². The highest BCUT2D eigenvalue weighted by molar-refractivity contribution is 6.36. The lowest BCUT2D eigenvalue weighted by Crippen LogP contribution is -2.49. The predicted molar refractivity (Wildman–Crippen MR) is 124 cm³/mol. The van der Waals surface area contributed by atoms with Gasteiger partial charge < -0.3 is 10.2 Å². The first kappa shape index (κ1) is 24.5. The molecule has 30 heavy (non-hydrogen) atoms. The molecule has 0 aliphatic heterocycles. The summed E-state index contributed by atoms with van der Waals surface area (Å²) in [6, 6.07) is 12.0. The molecule has 2 rings (SSSR count). The van der Waals surface area contributed by atoms with Gasteiger partial charge in [0.15, 0.2) is 0 Å². The highest BCUT2D eigenvalue weighted by atomic mass is 35.5. The van der Waals surface area contributed by atoms with Gasteiger partial charge in [0.1, 0.15) is 6.04 Å². The molecular weight excluding hydrogens is 443 g/mol. The van der Waals surface area contributed by atoms with E-state index in [-0.39, 0.29) is 24.8 Å². The first-order valence-electron chi connectivity index (χ1n) is 10.1. The number of halogens is 3. The van der Waals surface area contributed by atoms with E-state index in [4.69, 9.17) is 34.8 Å². The second-order valence-corrected chi connectivity index (χ2v) is 8.25. The molecule has 7 heteroatoms. The maximum absolute atomic E-state index is 13.3. The van der Waals surface area contributed by atoms with Crippen molar-refractivity contribution in [2.75, 3.05) is 6.54 Å². The van der Waals surface area contributed by atoms with Crippen LogP contribution in [0.4, 0.5) is 0 Å². The molecule has 1 atom stereocenters. The zero-order valence-corrected chi connectivity index (χ0v) is 19.5. The number of benzene rings is 2. The van der Waals surface area contributed by atoms with Crippen LogP contribution in [0.2, 0.25) is 15.1 Å². The van der Waals surface area contributed by atoms with E-state index in [0.29, 0.717) is 40.0 Å². The van der Waals surface area contributed by atoms with Gasteiger partial charge in [-0.05, 0) is 43.0 Å². The summed E-state index contributed by atoms with van der Waals surface area (Å²) in [6.07, 6.45) is 2.01. The van der Waals surface area contributed by atoms with Crippen LogP contribution in [0.5, 0.6) is 0 Å². The normalized spacial score (nSPS) is 11.8. The summed E-state index contributed by atoms with van der Waals surface area (Å²) in [7, 11) is 0. The molecular formula is C23H27Cl3N2O2. The van der Waals surface area contributed by atoms with Gasteiger partial charge in [-0.1, -0.05) is 72.9 Å². The largest absolute Gasteiger partial charge is 0.354 e. The van der Waals surface area contributed by atoms with E-state index in [1.54, 1.807) is 29.2 Å². The molecule has 0 bridgehead atoms. The molecule has 0 aliphatic carbocycles. The molecule has 4 nitrogen and oxygen atoms in total. The highest BCUT2D eigenvalue weighted by Crippen LogP contribution is 2.27. The molecule has 2 amide bonds. The van der Waals surface area contributed by atoms with Crippen molar-refractivity contribution in [3.05, 3.63) is 68.7 Å². The zero-order valence-electron chi connectivity index (χ0n) is 17.3. The van der Waals surface area contributed by atoms with Crippen LogP contribution in [-0.2, 0) is 22.6 Å². The highest BCUT2D eigenvalue weighted by Gasteiger charge is 2.29. The van der Waals surface area contributed by atoms with Crippen LogP contribution in [-0.4, -0.2) is 29.3 Å². The van der Waals surface area contributed by atoms with Crippen LogP contribution >= 0.6 is 34.8 Å².